The number of hydrogen-bond donors (Lipinski definition) is 1. The Hall–Kier alpha value is -2.82. The van der Waals surface area contributed by atoms with E-state index >= 15 is 0 Å². The average molecular weight is 381 g/mol. The van der Waals surface area contributed by atoms with E-state index in [1.165, 1.54) is 24.0 Å². The molecular weight excluding hydrogens is 354 g/mol. The molecule has 1 aliphatic carbocycles. The van der Waals surface area contributed by atoms with Gasteiger partial charge in [-0.2, -0.15) is 0 Å². The molecule has 0 heterocycles. The molecule has 3 rings (SSSR count). The second-order valence-electron chi connectivity index (χ2n) is 6.91. The van der Waals surface area contributed by atoms with E-state index in [1.54, 1.807) is 31.2 Å². The van der Waals surface area contributed by atoms with Gasteiger partial charge in [0.1, 0.15) is 5.75 Å². The first-order valence-electron chi connectivity index (χ1n) is 9.97. The standard InChI is InChI=1S/C23H27NO4/c1-3-21(28-18-14-13-16-9-5-6-10-17(16)15-18)22(25)24-20-12-8-7-11-19(20)23(26)27-4-2/h7-8,11-15,21H,3-6,9-10H2,1-2H3,(H,24,25)/t21-/m0/s1. The minimum atomic E-state index is -0.642. The smallest absolute Gasteiger partial charge is 0.340 e. The predicted octanol–water partition coefficient (Wildman–Crippen LogP) is 4.54. The molecule has 1 atom stereocenters. The molecular formula is C23H27NO4. The van der Waals surface area contributed by atoms with E-state index in [2.05, 4.69) is 17.4 Å². The van der Waals surface area contributed by atoms with Gasteiger partial charge in [-0.1, -0.05) is 25.1 Å². The lowest BCUT2D eigenvalue weighted by molar-refractivity contribution is -0.122. The van der Waals surface area contributed by atoms with Crippen molar-refractivity contribution in [1.82, 2.24) is 0 Å². The number of aryl methyl sites for hydroxylation is 2. The molecule has 0 bridgehead atoms. The summed E-state index contributed by atoms with van der Waals surface area (Å²) in [6.07, 6.45) is 4.47. The number of amides is 1. The maximum atomic E-state index is 12.8. The maximum Gasteiger partial charge on any atom is 0.340 e. The van der Waals surface area contributed by atoms with Crippen LogP contribution in [0.4, 0.5) is 5.69 Å². The predicted molar refractivity (Wildman–Crippen MR) is 109 cm³/mol. The molecule has 1 amide bonds. The number of carbonyl (C=O) groups excluding carboxylic acids is 2. The minimum absolute atomic E-state index is 0.278. The third-order valence-electron chi connectivity index (χ3n) is 4.94. The molecule has 1 aliphatic rings. The molecule has 148 valence electrons. The van der Waals surface area contributed by atoms with Crippen LogP contribution in [0.2, 0.25) is 0 Å². The molecule has 0 radical (unpaired) electrons. The van der Waals surface area contributed by atoms with Gasteiger partial charge in [-0.05, 0) is 74.4 Å². The van der Waals surface area contributed by atoms with E-state index in [1.807, 2.05) is 13.0 Å². The van der Waals surface area contributed by atoms with Gasteiger partial charge in [0.15, 0.2) is 6.10 Å². The van der Waals surface area contributed by atoms with Gasteiger partial charge in [0.2, 0.25) is 0 Å². The fraction of sp³-hybridized carbons (Fsp3) is 0.391. The van der Waals surface area contributed by atoms with Gasteiger partial charge in [-0.15, -0.1) is 0 Å². The van der Waals surface area contributed by atoms with Gasteiger partial charge in [0.05, 0.1) is 17.9 Å². The number of hydrogen-bond acceptors (Lipinski definition) is 4. The molecule has 0 aliphatic heterocycles. The molecule has 0 unspecified atom stereocenters. The van der Waals surface area contributed by atoms with Crippen molar-refractivity contribution in [2.75, 3.05) is 11.9 Å². The highest BCUT2D eigenvalue weighted by atomic mass is 16.5. The van der Waals surface area contributed by atoms with Gasteiger partial charge in [0, 0.05) is 0 Å². The first-order valence-corrected chi connectivity index (χ1v) is 9.97. The third-order valence-corrected chi connectivity index (χ3v) is 4.94. The van der Waals surface area contributed by atoms with Crippen LogP contribution in [0.25, 0.3) is 0 Å². The van der Waals surface area contributed by atoms with E-state index in [0.717, 1.165) is 12.8 Å². The number of anilines is 1. The van der Waals surface area contributed by atoms with Gasteiger partial charge < -0.3 is 14.8 Å². The second kappa shape index (κ2) is 9.40. The molecule has 2 aromatic rings. The van der Waals surface area contributed by atoms with Crippen molar-refractivity contribution in [2.24, 2.45) is 0 Å². The highest BCUT2D eigenvalue weighted by Gasteiger charge is 2.22. The van der Waals surface area contributed by atoms with Crippen LogP contribution < -0.4 is 10.1 Å². The van der Waals surface area contributed by atoms with Crippen LogP contribution in [-0.2, 0) is 22.4 Å². The molecule has 5 nitrogen and oxygen atoms in total. The Morgan fingerprint density at radius 3 is 2.54 bits per heavy atom. The zero-order chi connectivity index (χ0) is 19.9. The number of nitrogens with one attached hydrogen (secondary N) is 1. The van der Waals surface area contributed by atoms with Crippen LogP contribution in [0, 0.1) is 0 Å². The number of rotatable bonds is 7. The SMILES string of the molecule is CCOC(=O)c1ccccc1NC(=O)[C@H](CC)Oc1ccc2c(c1)CCCC2. The van der Waals surface area contributed by atoms with E-state index in [-0.39, 0.29) is 12.5 Å². The molecule has 5 heteroatoms. The van der Waals surface area contributed by atoms with Crippen molar-refractivity contribution < 1.29 is 19.1 Å². The van der Waals surface area contributed by atoms with Crippen molar-refractivity contribution in [3.8, 4) is 5.75 Å². The van der Waals surface area contributed by atoms with Crippen molar-refractivity contribution in [3.63, 3.8) is 0 Å². The number of esters is 1. The zero-order valence-corrected chi connectivity index (χ0v) is 16.5. The monoisotopic (exact) mass is 381 g/mol. The number of para-hydroxylation sites is 1. The summed E-state index contributed by atoms with van der Waals surface area (Å²) in [5.41, 5.74) is 3.45. The fourth-order valence-electron chi connectivity index (χ4n) is 3.46. The summed E-state index contributed by atoms with van der Waals surface area (Å²) in [4.78, 5) is 24.9. The lowest BCUT2D eigenvalue weighted by atomic mass is 9.92. The van der Waals surface area contributed by atoms with Crippen molar-refractivity contribution in [1.29, 1.82) is 0 Å². The minimum Gasteiger partial charge on any atom is -0.481 e. The first kappa shape index (κ1) is 19.9. The largest absolute Gasteiger partial charge is 0.481 e. The second-order valence-corrected chi connectivity index (χ2v) is 6.91. The normalized spacial score (nSPS) is 13.9. The first-order chi connectivity index (χ1) is 13.6. The van der Waals surface area contributed by atoms with Crippen LogP contribution in [0.1, 0.15) is 54.6 Å². The molecule has 0 fully saturated rings. The Bertz CT molecular complexity index is 846. The lowest BCUT2D eigenvalue weighted by Crippen LogP contribution is -2.33. The molecule has 2 aromatic carbocycles. The summed E-state index contributed by atoms with van der Waals surface area (Å²) in [6.45, 7) is 3.93. The van der Waals surface area contributed by atoms with Gasteiger partial charge in [-0.3, -0.25) is 4.79 Å². The lowest BCUT2D eigenvalue weighted by Gasteiger charge is -2.21. The fourth-order valence-corrected chi connectivity index (χ4v) is 3.46. The molecule has 0 spiro atoms. The van der Waals surface area contributed by atoms with Gasteiger partial charge >= 0.3 is 5.97 Å². The van der Waals surface area contributed by atoms with E-state index < -0.39 is 12.1 Å². The highest BCUT2D eigenvalue weighted by Crippen LogP contribution is 2.26. The van der Waals surface area contributed by atoms with Crippen LogP contribution in [0.3, 0.4) is 0 Å². The van der Waals surface area contributed by atoms with Crippen molar-refractivity contribution in [3.05, 3.63) is 59.2 Å². The molecule has 0 aromatic heterocycles. The summed E-state index contributed by atoms with van der Waals surface area (Å²) in [7, 11) is 0. The Balaban J connectivity index is 1.72. The summed E-state index contributed by atoms with van der Waals surface area (Å²) in [5, 5.41) is 2.82. The Morgan fingerprint density at radius 2 is 1.79 bits per heavy atom. The van der Waals surface area contributed by atoms with Crippen molar-refractivity contribution in [2.45, 2.75) is 52.1 Å². The molecule has 0 saturated carbocycles. The summed E-state index contributed by atoms with van der Waals surface area (Å²) in [6, 6.07) is 12.9. The van der Waals surface area contributed by atoms with Gasteiger partial charge in [0.25, 0.3) is 5.91 Å². The Morgan fingerprint density at radius 1 is 1.04 bits per heavy atom. The Kier molecular flexibility index (Phi) is 6.69. The zero-order valence-electron chi connectivity index (χ0n) is 16.5. The molecule has 1 N–H and O–H groups in total. The number of fused-ring (bicyclic) bond motifs is 1. The average Bonchev–Trinajstić information content (AvgIpc) is 2.72. The number of benzene rings is 2. The van der Waals surface area contributed by atoms with E-state index in [0.29, 0.717) is 23.4 Å². The summed E-state index contributed by atoms with van der Waals surface area (Å²) >= 11 is 0. The van der Waals surface area contributed by atoms with Crippen LogP contribution in [-0.4, -0.2) is 24.6 Å². The van der Waals surface area contributed by atoms with E-state index in [4.69, 9.17) is 9.47 Å². The molecule has 28 heavy (non-hydrogen) atoms. The van der Waals surface area contributed by atoms with Crippen LogP contribution in [0.15, 0.2) is 42.5 Å². The highest BCUT2D eigenvalue weighted by molar-refractivity contribution is 6.02. The quantitative estimate of drug-likeness (QED) is 0.715. The summed E-state index contributed by atoms with van der Waals surface area (Å²) < 4.78 is 11.0. The maximum absolute atomic E-state index is 12.8. The summed E-state index contributed by atoms with van der Waals surface area (Å²) in [5.74, 6) is -0.0275. The number of carbonyl (C=O) groups is 2. The van der Waals surface area contributed by atoms with E-state index in [9.17, 15) is 9.59 Å². The van der Waals surface area contributed by atoms with Crippen LogP contribution >= 0.6 is 0 Å². The van der Waals surface area contributed by atoms with Gasteiger partial charge in [-0.25, -0.2) is 4.79 Å². The van der Waals surface area contributed by atoms with Crippen molar-refractivity contribution >= 4 is 17.6 Å². The number of ether oxygens (including phenoxy) is 2. The third kappa shape index (κ3) is 4.71. The van der Waals surface area contributed by atoms with Crippen LogP contribution in [0.5, 0.6) is 5.75 Å². The molecule has 0 saturated heterocycles. The Labute approximate surface area is 166 Å². The topological polar surface area (TPSA) is 64.6 Å².